The molecule has 0 rings (SSSR count). The summed E-state index contributed by atoms with van der Waals surface area (Å²) in [6.45, 7) is -0.278. The van der Waals surface area contributed by atoms with Gasteiger partial charge in [0.15, 0.2) is 0 Å². The van der Waals surface area contributed by atoms with E-state index >= 15 is 0 Å². The van der Waals surface area contributed by atoms with E-state index in [2.05, 4.69) is 5.73 Å². The first-order valence-electron chi connectivity index (χ1n) is 1.89. The maximum Gasteiger partial charge on any atom is 1.00 e. The van der Waals surface area contributed by atoms with Crippen LogP contribution in [0.25, 0.3) is 0 Å². The van der Waals surface area contributed by atoms with Crippen molar-refractivity contribution < 1.29 is 80.2 Å². The Bertz CT molecular complexity index is 184. The predicted molar refractivity (Wildman–Crippen MR) is 32.0 cm³/mol. The summed E-state index contributed by atoms with van der Waals surface area (Å²) in [6.07, 6.45) is 0. The summed E-state index contributed by atoms with van der Waals surface area (Å²) in [7, 11) is -4.67. The maximum absolute atomic E-state index is 9.24. The van der Waals surface area contributed by atoms with Gasteiger partial charge in [-0.3, -0.25) is 13.9 Å². The van der Waals surface area contributed by atoms with Crippen molar-refractivity contribution in [2.75, 3.05) is 6.54 Å². The van der Waals surface area contributed by atoms with E-state index in [1.54, 1.807) is 0 Å². The van der Waals surface area contributed by atoms with Crippen molar-refractivity contribution in [1.29, 1.82) is 0 Å². The van der Waals surface area contributed by atoms with Crippen molar-refractivity contribution in [3.05, 3.63) is 0 Å². The predicted octanol–water partition coefficient (Wildman–Crippen LogP) is -4.51. The van der Waals surface area contributed by atoms with E-state index in [-0.39, 0.29) is 59.4 Å². The number of carboxylic acids is 1. The van der Waals surface area contributed by atoms with Crippen LogP contribution in [0.15, 0.2) is 0 Å². The SMILES string of the molecule is NCC(=O)O.O=S(=O)(O)O.[H-].[K+]. The van der Waals surface area contributed by atoms with E-state index in [0.29, 0.717) is 0 Å². The van der Waals surface area contributed by atoms with Crippen LogP contribution in [-0.4, -0.2) is 35.1 Å². The third kappa shape index (κ3) is 101. The van der Waals surface area contributed by atoms with Crippen LogP contribution in [0.4, 0.5) is 0 Å². The van der Waals surface area contributed by atoms with Crippen molar-refractivity contribution in [2.45, 2.75) is 0 Å². The molecule has 0 aromatic rings. The zero-order chi connectivity index (χ0) is 8.78. The Morgan fingerprint density at radius 3 is 1.55 bits per heavy atom. The molecule has 64 valence electrons. The first-order valence-corrected chi connectivity index (χ1v) is 3.28. The molecular weight excluding hydrogens is 205 g/mol. The molecule has 0 atom stereocenters. The number of rotatable bonds is 1. The van der Waals surface area contributed by atoms with Crippen molar-refractivity contribution in [3.63, 3.8) is 0 Å². The van der Waals surface area contributed by atoms with Crippen molar-refractivity contribution in [1.82, 2.24) is 0 Å². The molecule has 5 N–H and O–H groups in total. The van der Waals surface area contributed by atoms with Gasteiger partial charge in [-0.15, -0.1) is 0 Å². The zero-order valence-electron chi connectivity index (χ0n) is 6.76. The largest absolute Gasteiger partial charge is 1.00 e. The molecule has 0 bridgehead atoms. The zero-order valence-corrected chi connectivity index (χ0v) is 9.70. The van der Waals surface area contributed by atoms with Gasteiger partial charge in [0.1, 0.15) is 0 Å². The smallest absolute Gasteiger partial charge is 1.00 e. The third-order valence-corrected chi connectivity index (χ3v) is 0.175. The van der Waals surface area contributed by atoms with Crippen LogP contribution in [-0.2, 0) is 15.2 Å². The van der Waals surface area contributed by atoms with Gasteiger partial charge >= 0.3 is 67.8 Å². The number of hydrogen-bond acceptors (Lipinski definition) is 4. The molecule has 7 nitrogen and oxygen atoms in total. The van der Waals surface area contributed by atoms with Crippen LogP contribution in [0.5, 0.6) is 0 Å². The minimum atomic E-state index is -4.67. The molecule has 0 aliphatic heterocycles. The number of carbonyl (C=O) groups is 1. The molecule has 0 saturated heterocycles. The van der Waals surface area contributed by atoms with E-state index in [4.69, 9.17) is 22.6 Å². The van der Waals surface area contributed by atoms with Gasteiger partial charge in [-0.1, -0.05) is 0 Å². The van der Waals surface area contributed by atoms with E-state index in [1.807, 2.05) is 0 Å². The minimum Gasteiger partial charge on any atom is -1.00 e. The molecule has 0 saturated carbocycles. The quantitative estimate of drug-likeness (QED) is 0.254. The summed E-state index contributed by atoms with van der Waals surface area (Å²) in [4.78, 5) is 9.24. The van der Waals surface area contributed by atoms with Crippen LogP contribution in [0.2, 0.25) is 0 Å². The van der Waals surface area contributed by atoms with Crippen molar-refractivity contribution in [3.8, 4) is 0 Å². The summed E-state index contributed by atoms with van der Waals surface area (Å²) >= 11 is 0. The van der Waals surface area contributed by atoms with Gasteiger partial charge in [-0.25, -0.2) is 0 Å². The molecule has 0 aliphatic carbocycles. The Balaban J connectivity index is -0.0000000457. The summed E-state index contributed by atoms with van der Waals surface area (Å²) in [5.41, 5.74) is 4.57. The monoisotopic (exact) mass is 213 g/mol. The second-order valence-electron chi connectivity index (χ2n) is 1.05. The molecule has 0 aliphatic rings. The van der Waals surface area contributed by atoms with Crippen LogP contribution < -0.4 is 57.1 Å². The van der Waals surface area contributed by atoms with E-state index in [9.17, 15) is 4.79 Å². The Morgan fingerprint density at radius 2 is 1.55 bits per heavy atom. The molecule has 0 spiro atoms. The molecule has 0 fully saturated rings. The van der Waals surface area contributed by atoms with Gasteiger partial charge in [0, 0.05) is 0 Å². The van der Waals surface area contributed by atoms with Gasteiger partial charge in [-0.2, -0.15) is 8.42 Å². The summed E-state index contributed by atoms with van der Waals surface area (Å²) in [5.74, 6) is -0.968. The second kappa shape index (κ2) is 9.03. The summed E-state index contributed by atoms with van der Waals surface area (Å²) < 4.78 is 31.6. The fourth-order valence-electron chi connectivity index (χ4n) is 0. The average molecular weight is 213 g/mol. The summed E-state index contributed by atoms with van der Waals surface area (Å²) in [6, 6.07) is 0. The molecule has 11 heavy (non-hydrogen) atoms. The van der Waals surface area contributed by atoms with Crippen molar-refractivity contribution in [2.24, 2.45) is 5.73 Å². The molecule has 0 aromatic carbocycles. The normalized spacial score (nSPS) is 8.64. The minimum absolute atomic E-state index is 0. The molecule has 0 aromatic heterocycles. The fraction of sp³-hybridized carbons (Fsp3) is 0.500. The van der Waals surface area contributed by atoms with E-state index in [0.717, 1.165) is 0 Å². The Kier molecular flexibility index (Phi) is 14.7. The van der Waals surface area contributed by atoms with Crippen LogP contribution in [0, 0.1) is 0 Å². The molecule has 0 unspecified atom stereocenters. The Labute approximate surface area is 107 Å². The number of hydrogen-bond donors (Lipinski definition) is 4. The van der Waals surface area contributed by atoms with Gasteiger partial charge < -0.3 is 12.3 Å². The van der Waals surface area contributed by atoms with Gasteiger partial charge in [-0.05, 0) is 0 Å². The van der Waals surface area contributed by atoms with Crippen molar-refractivity contribution >= 4 is 16.4 Å². The van der Waals surface area contributed by atoms with Crippen LogP contribution in [0.1, 0.15) is 1.43 Å². The van der Waals surface area contributed by atoms with Gasteiger partial charge in [0.2, 0.25) is 0 Å². The number of nitrogens with two attached hydrogens (primary N) is 1. The van der Waals surface area contributed by atoms with Gasteiger partial charge in [0.25, 0.3) is 0 Å². The standard InChI is InChI=1S/C2H5NO2.K.H2O4S.H/c3-1-2(4)5;;1-5(2,3)4;/h1,3H2,(H,4,5);;(H2,1,2,3,4);/q;+1;;-1. The van der Waals surface area contributed by atoms with Crippen LogP contribution in [0.3, 0.4) is 0 Å². The van der Waals surface area contributed by atoms with E-state index in [1.165, 1.54) is 0 Å². The Hall–Kier alpha value is 0.936. The molecule has 0 amide bonds. The Morgan fingerprint density at radius 1 is 1.45 bits per heavy atom. The molecule has 0 heterocycles. The average Bonchev–Trinajstić information content (AvgIpc) is 1.61. The maximum atomic E-state index is 9.24. The molecule has 9 heteroatoms. The summed E-state index contributed by atoms with van der Waals surface area (Å²) in [5, 5.41) is 7.60. The van der Waals surface area contributed by atoms with Crippen LogP contribution >= 0.6 is 0 Å². The topological polar surface area (TPSA) is 138 Å². The molecule has 0 radical (unpaired) electrons. The first-order chi connectivity index (χ1) is 4.27. The number of aliphatic carboxylic acids is 1. The molecular formula is C2H8KNO6S. The van der Waals surface area contributed by atoms with E-state index < -0.39 is 16.4 Å². The van der Waals surface area contributed by atoms with Gasteiger partial charge in [0.05, 0.1) is 6.54 Å². The fourth-order valence-corrected chi connectivity index (χ4v) is 0. The second-order valence-corrected chi connectivity index (χ2v) is 1.94. The first kappa shape index (κ1) is 17.9. The number of carboxylic acid groups (broad SMARTS) is 1. The third-order valence-electron chi connectivity index (χ3n) is 0.175.